The Hall–Kier alpha value is -0.240. The molecular formula is C6H16O6. The first kappa shape index (κ1) is 14.3. The molecule has 2 unspecified atom stereocenters. The van der Waals surface area contributed by atoms with Crippen molar-refractivity contribution in [1.82, 2.24) is 0 Å². The maximum atomic E-state index is 8.77. The van der Waals surface area contributed by atoms with Crippen molar-refractivity contribution in [3.63, 3.8) is 0 Å². The predicted molar refractivity (Wildman–Crippen MR) is 40.3 cm³/mol. The summed E-state index contributed by atoms with van der Waals surface area (Å²) in [5.41, 5.74) is 0. The fraction of sp³-hybridized carbons (Fsp3) is 1.00. The van der Waals surface area contributed by atoms with Gasteiger partial charge in [-0.15, -0.1) is 0 Å². The third-order valence-corrected chi connectivity index (χ3v) is 1.16. The first-order chi connectivity index (χ1) is 5.63. The Balaban J connectivity index is 0. The van der Waals surface area contributed by atoms with Crippen LogP contribution in [0.3, 0.4) is 0 Å². The van der Waals surface area contributed by atoms with Gasteiger partial charge >= 0.3 is 0 Å². The molecule has 0 saturated heterocycles. The second-order valence-electron chi connectivity index (χ2n) is 1.99. The smallest absolute Gasteiger partial charge is 0.110 e. The average molecular weight is 184 g/mol. The van der Waals surface area contributed by atoms with E-state index in [4.69, 9.17) is 30.6 Å². The molecule has 0 heterocycles. The summed E-state index contributed by atoms with van der Waals surface area (Å²) in [6.45, 7) is -1.28. The van der Waals surface area contributed by atoms with E-state index in [1.54, 1.807) is 0 Å². The van der Waals surface area contributed by atoms with Gasteiger partial charge in [-0.05, 0) is 0 Å². The maximum Gasteiger partial charge on any atom is 0.110 e. The van der Waals surface area contributed by atoms with Gasteiger partial charge in [0.1, 0.15) is 18.3 Å². The van der Waals surface area contributed by atoms with Crippen molar-refractivity contribution < 1.29 is 30.6 Å². The summed E-state index contributed by atoms with van der Waals surface area (Å²) in [6.07, 6.45) is -4.29. The lowest BCUT2D eigenvalue weighted by atomic mass is 10.1. The summed E-state index contributed by atoms with van der Waals surface area (Å²) in [6, 6.07) is 0. The van der Waals surface area contributed by atoms with Gasteiger partial charge in [0.15, 0.2) is 0 Å². The van der Waals surface area contributed by atoms with Gasteiger partial charge in [0, 0.05) is 7.11 Å². The van der Waals surface area contributed by atoms with E-state index in [9.17, 15) is 0 Å². The minimum Gasteiger partial charge on any atom is -0.400 e. The van der Waals surface area contributed by atoms with Crippen molar-refractivity contribution in [2.24, 2.45) is 0 Å². The van der Waals surface area contributed by atoms with E-state index in [0.717, 1.165) is 7.11 Å². The van der Waals surface area contributed by atoms with Gasteiger partial charge in [-0.2, -0.15) is 0 Å². The van der Waals surface area contributed by atoms with Crippen LogP contribution in [0.2, 0.25) is 0 Å². The zero-order chi connectivity index (χ0) is 10.1. The van der Waals surface area contributed by atoms with Gasteiger partial charge in [-0.3, -0.25) is 0 Å². The van der Waals surface area contributed by atoms with E-state index in [1.165, 1.54) is 0 Å². The highest BCUT2D eigenvalue weighted by molar-refractivity contribution is 4.73. The monoisotopic (exact) mass is 184 g/mol. The van der Waals surface area contributed by atoms with Crippen molar-refractivity contribution in [3.8, 4) is 0 Å². The summed E-state index contributed by atoms with van der Waals surface area (Å²) < 4.78 is 0. The molecule has 6 N–H and O–H groups in total. The molecular weight excluding hydrogens is 168 g/mol. The summed E-state index contributed by atoms with van der Waals surface area (Å²) in [5.74, 6) is 0. The highest BCUT2D eigenvalue weighted by atomic mass is 16.4. The van der Waals surface area contributed by atoms with Crippen molar-refractivity contribution in [2.45, 2.75) is 18.3 Å². The fourth-order valence-corrected chi connectivity index (χ4v) is 0.472. The van der Waals surface area contributed by atoms with Crippen molar-refractivity contribution >= 4 is 0 Å². The number of hydrogen-bond acceptors (Lipinski definition) is 6. The zero-order valence-corrected chi connectivity index (χ0v) is 6.83. The summed E-state index contributed by atoms with van der Waals surface area (Å²) >= 11 is 0. The van der Waals surface area contributed by atoms with Crippen LogP contribution in [-0.4, -0.2) is 69.3 Å². The van der Waals surface area contributed by atoms with Crippen LogP contribution in [0.25, 0.3) is 0 Å². The largest absolute Gasteiger partial charge is 0.400 e. The van der Waals surface area contributed by atoms with E-state index < -0.39 is 31.5 Å². The maximum absolute atomic E-state index is 8.77. The first-order valence-corrected chi connectivity index (χ1v) is 3.34. The lowest BCUT2D eigenvalue weighted by Gasteiger charge is -2.19. The number of hydrogen-bond donors (Lipinski definition) is 6. The third-order valence-electron chi connectivity index (χ3n) is 1.16. The molecule has 0 aromatic heterocycles. The molecule has 0 aromatic rings. The summed E-state index contributed by atoms with van der Waals surface area (Å²) in [7, 11) is 1.00. The van der Waals surface area contributed by atoms with Crippen LogP contribution < -0.4 is 0 Å². The van der Waals surface area contributed by atoms with Crippen LogP contribution in [0.4, 0.5) is 0 Å². The van der Waals surface area contributed by atoms with Crippen LogP contribution in [0.15, 0.2) is 0 Å². The van der Waals surface area contributed by atoms with Crippen LogP contribution in [-0.2, 0) is 0 Å². The highest BCUT2D eigenvalue weighted by Crippen LogP contribution is 1.97. The summed E-state index contributed by atoms with van der Waals surface area (Å²) in [5, 5.41) is 49.6. The van der Waals surface area contributed by atoms with Crippen LogP contribution in [0.1, 0.15) is 0 Å². The van der Waals surface area contributed by atoms with Crippen LogP contribution in [0.5, 0.6) is 0 Å². The molecule has 0 aromatic carbocycles. The van der Waals surface area contributed by atoms with Gasteiger partial charge in [0.2, 0.25) is 0 Å². The molecule has 0 aliphatic rings. The molecule has 0 radical (unpaired) electrons. The molecule has 0 bridgehead atoms. The minimum absolute atomic E-state index is 0.641. The normalized spacial score (nSPS) is 17.2. The molecule has 76 valence electrons. The van der Waals surface area contributed by atoms with Crippen molar-refractivity contribution in [1.29, 1.82) is 0 Å². The Morgan fingerprint density at radius 2 is 1.08 bits per heavy atom. The standard InChI is InChI=1S/C5H12O5.CH4O/c6-1-3(8)5(10)4(9)2-7;1-2/h3-10H,1-2H2;2H,1H3. The molecule has 0 amide bonds. The van der Waals surface area contributed by atoms with E-state index >= 15 is 0 Å². The fourth-order valence-electron chi connectivity index (χ4n) is 0.472. The first-order valence-electron chi connectivity index (χ1n) is 3.34. The Bertz CT molecular complexity index is 78.1. The lowest BCUT2D eigenvalue weighted by molar-refractivity contribution is -0.0900. The van der Waals surface area contributed by atoms with E-state index in [0.29, 0.717) is 0 Å². The van der Waals surface area contributed by atoms with Gasteiger partial charge in [-0.25, -0.2) is 0 Å². The molecule has 0 rings (SSSR count). The topological polar surface area (TPSA) is 121 Å². The molecule has 0 fully saturated rings. The molecule has 12 heavy (non-hydrogen) atoms. The van der Waals surface area contributed by atoms with Crippen LogP contribution in [0, 0.1) is 0 Å². The Kier molecular flexibility index (Phi) is 10.5. The third kappa shape index (κ3) is 5.42. The molecule has 0 spiro atoms. The lowest BCUT2D eigenvalue weighted by Crippen LogP contribution is -2.41. The Labute approximate surface area is 70.3 Å². The van der Waals surface area contributed by atoms with Gasteiger partial charge < -0.3 is 30.6 Å². The quantitative estimate of drug-likeness (QED) is 0.272. The molecule has 2 atom stereocenters. The number of aliphatic hydroxyl groups is 6. The van der Waals surface area contributed by atoms with Gasteiger partial charge in [-0.1, -0.05) is 0 Å². The zero-order valence-electron chi connectivity index (χ0n) is 6.83. The minimum atomic E-state index is -1.49. The molecule has 0 aliphatic carbocycles. The van der Waals surface area contributed by atoms with Crippen LogP contribution >= 0.6 is 0 Å². The molecule has 0 aliphatic heterocycles. The predicted octanol–water partition coefficient (Wildman–Crippen LogP) is -3.34. The van der Waals surface area contributed by atoms with Gasteiger partial charge in [0.05, 0.1) is 13.2 Å². The highest BCUT2D eigenvalue weighted by Gasteiger charge is 2.22. The van der Waals surface area contributed by atoms with E-state index in [2.05, 4.69) is 0 Å². The number of aliphatic hydroxyl groups excluding tert-OH is 6. The summed E-state index contributed by atoms with van der Waals surface area (Å²) in [4.78, 5) is 0. The molecule has 6 nitrogen and oxygen atoms in total. The second kappa shape index (κ2) is 8.85. The van der Waals surface area contributed by atoms with Gasteiger partial charge in [0.25, 0.3) is 0 Å². The second-order valence-corrected chi connectivity index (χ2v) is 1.99. The van der Waals surface area contributed by atoms with E-state index in [1.807, 2.05) is 0 Å². The van der Waals surface area contributed by atoms with Crippen molar-refractivity contribution in [2.75, 3.05) is 20.3 Å². The van der Waals surface area contributed by atoms with E-state index in [-0.39, 0.29) is 0 Å². The average Bonchev–Trinajstić information content (AvgIpc) is 2.17. The van der Waals surface area contributed by atoms with Crippen molar-refractivity contribution in [3.05, 3.63) is 0 Å². The number of rotatable bonds is 4. The molecule has 0 saturated carbocycles. The molecule has 6 heteroatoms. The Morgan fingerprint density at radius 3 is 1.25 bits per heavy atom. The Morgan fingerprint density at radius 1 is 0.833 bits per heavy atom. The SMILES string of the molecule is CO.OCC(O)C(O)C(O)CO.